The molecule has 8 nitrogen and oxygen atoms in total. The lowest BCUT2D eigenvalue weighted by molar-refractivity contribution is -0.139. The molecule has 2 aromatic rings. The fraction of sp³-hybridized carbons (Fsp3) is 0.222. The van der Waals surface area contributed by atoms with Crippen molar-refractivity contribution in [3.05, 3.63) is 53.1 Å². The number of esters is 1. The van der Waals surface area contributed by atoms with Crippen LogP contribution in [0.25, 0.3) is 0 Å². The quantitative estimate of drug-likeness (QED) is 0.627. The summed E-state index contributed by atoms with van der Waals surface area (Å²) in [7, 11) is -2.87. The van der Waals surface area contributed by atoms with Crippen LogP contribution in [0, 0.1) is 0 Å². The van der Waals surface area contributed by atoms with Crippen LogP contribution in [0.5, 0.6) is 5.75 Å². The molecule has 0 fully saturated rings. The van der Waals surface area contributed by atoms with Crippen LogP contribution in [0.4, 0.5) is 5.69 Å². The monoisotopic (exact) mass is 426 g/mol. The van der Waals surface area contributed by atoms with Crippen LogP contribution in [-0.4, -0.2) is 40.6 Å². The van der Waals surface area contributed by atoms with E-state index in [2.05, 4.69) is 14.8 Å². The van der Waals surface area contributed by atoms with Gasteiger partial charge in [0, 0.05) is 11.3 Å². The van der Waals surface area contributed by atoms with Crippen LogP contribution in [0.1, 0.15) is 17.3 Å². The molecular weight excluding hydrogens is 408 g/mol. The number of rotatable bonds is 8. The Bertz CT molecular complexity index is 961. The van der Waals surface area contributed by atoms with Crippen molar-refractivity contribution >= 4 is 39.2 Å². The third kappa shape index (κ3) is 5.61. The molecular formula is C18H19ClN2O6S. The van der Waals surface area contributed by atoms with Gasteiger partial charge in [-0.3, -0.25) is 14.3 Å². The first-order valence-electron chi connectivity index (χ1n) is 8.17. The van der Waals surface area contributed by atoms with Crippen LogP contribution in [0.15, 0.2) is 47.4 Å². The highest BCUT2D eigenvalue weighted by Crippen LogP contribution is 2.26. The summed E-state index contributed by atoms with van der Waals surface area (Å²) in [6, 6.07) is 10.1. The zero-order valence-corrected chi connectivity index (χ0v) is 16.8. The Morgan fingerprint density at radius 1 is 1.11 bits per heavy atom. The van der Waals surface area contributed by atoms with Crippen molar-refractivity contribution in [1.82, 2.24) is 5.32 Å². The maximum absolute atomic E-state index is 12.7. The second-order valence-electron chi connectivity index (χ2n) is 5.47. The molecule has 0 spiro atoms. The van der Waals surface area contributed by atoms with E-state index in [-0.39, 0.29) is 22.0 Å². The van der Waals surface area contributed by atoms with E-state index >= 15 is 0 Å². The summed E-state index contributed by atoms with van der Waals surface area (Å²) in [6.45, 7) is 1.99. The van der Waals surface area contributed by atoms with E-state index in [0.717, 1.165) is 6.07 Å². The second kappa shape index (κ2) is 9.43. The number of carbonyl (C=O) groups is 2. The molecule has 2 rings (SSSR count). The Balaban J connectivity index is 2.22. The molecule has 0 atom stereocenters. The maximum Gasteiger partial charge on any atom is 0.325 e. The first-order chi connectivity index (χ1) is 13.3. The van der Waals surface area contributed by atoms with Gasteiger partial charge in [0.25, 0.3) is 15.9 Å². The van der Waals surface area contributed by atoms with Gasteiger partial charge in [-0.05, 0) is 49.4 Å². The third-order valence-corrected chi connectivity index (χ3v) is 5.38. The number of halogens is 1. The van der Waals surface area contributed by atoms with Crippen molar-refractivity contribution in [3.8, 4) is 5.75 Å². The molecule has 0 aliphatic carbocycles. The van der Waals surface area contributed by atoms with Crippen molar-refractivity contribution in [2.45, 2.75) is 11.8 Å². The van der Waals surface area contributed by atoms with E-state index in [1.165, 1.54) is 19.2 Å². The zero-order chi connectivity index (χ0) is 20.7. The highest BCUT2D eigenvalue weighted by molar-refractivity contribution is 7.92. The summed E-state index contributed by atoms with van der Waals surface area (Å²) < 4.78 is 37.5. The minimum atomic E-state index is -4.06. The maximum atomic E-state index is 12.7. The molecule has 0 aliphatic heterocycles. The predicted molar refractivity (Wildman–Crippen MR) is 104 cm³/mol. The highest BCUT2D eigenvalue weighted by atomic mass is 35.5. The number of hydrogen-bond acceptors (Lipinski definition) is 6. The molecule has 0 aromatic heterocycles. The lowest BCUT2D eigenvalue weighted by Gasteiger charge is -2.12. The van der Waals surface area contributed by atoms with Gasteiger partial charge in [0.1, 0.15) is 17.2 Å². The van der Waals surface area contributed by atoms with Crippen molar-refractivity contribution in [2.75, 3.05) is 25.0 Å². The second-order valence-corrected chi connectivity index (χ2v) is 7.52. The van der Waals surface area contributed by atoms with Gasteiger partial charge in [-0.2, -0.15) is 0 Å². The Morgan fingerprint density at radius 2 is 1.79 bits per heavy atom. The van der Waals surface area contributed by atoms with Gasteiger partial charge in [-0.25, -0.2) is 8.42 Å². The zero-order valence-electron chi connectivity index (χ0n) is 15.2. The average molecular weight is 427 g/mol. The van der Waals surface area contributed by atoms with Crippen LogP contribution in [0.3, 0.4) is 0 Å². The molecule has 0 saturated heterocycles. The number of nitrogens with one attached hydrogen (secondary N) is 2. The Hall–Kier alpha value is -2.78. The van der Waals surface area contributed by atoms with Crippen LogP contribution in [0.2, 0.25) is 5.02 Å². The van der Waals surface area contributed by atoms with Gasteiger partial charge in [0.05, 0.1) is 18.7 Å². The van der Waals surface area contributed by atoms with Crippen molar-refractivity contribution < 1.29 is 27.5 Å². The van der Waals surface area contributed by atoms with Gasteiger partial charge in [-0.15, -0.1) is 0 Å². The minimum Gasteiger partial charge on any atom is -0.494 e. The van der Waals surface area contributed by atoms with Crippen LogP contribution < -0.4 is 14.8 Å². The molecule has 0 unspecified atom stereocenters. The summed E-state index contributed by atoms with van der Waals surface area (Å²) in [5.74, 6) is -0.667. The summed E-state index contributed by atoms with van der Waals surface area (Å²) in [5.41, 5.74) is 0.334. The molecule has 1 amide bonds. The summed E-state index contributed by atoms with van der Waals surface area (Å²) >= 11 is 6.02. The van der Waals surface area contributed by atoms with E-state index in [0.29, 0.717) is 18.0 Å². The lowest BCUT2D eigenvalue weighted by atomic mass is 10.2. The number of carbonyl (C=O) groups excluding carboxylic acids is 2. The highest BCUT2D eigenvalue weighted by Gasteiger charge is 2.21. The molecule has 0 radical (unpaired) electrons. The third-order valence-electron chi connectivity index (χ3n) is 3.52. The topological polar surface area (TPSA) is 111 Å². The molecule has 0 aliphatic rings. The fourth-order valence-corrected chi connectivity index (χ4v) is 3.76. The first-order valence-corrected chi connectivity index (χ1v) is 10.0. The van der Waals surface area contributed by atoms with E-state index in [9.17, 15) is 18.0 Å². The number of ether oxygens (including phenoxy) is 2. The molecule has 28 heavy (non-hydrogen) atoms. The van der Waals surface area contributed by atoms with E-state index in [1.54, 1.807) is 24.3 Å². The van der Waals surface area contributed by atoms with Crippen molar-refractivity contribution in [2.24, 2.45) is 0 Å². The van der Waals surface area contributed by atoms with Crippen molar-refractivity contribution in [3.63, 3.8) is 0 Å². The SMILES string of the molecule is CCOc1ccc(NS(=O)(=O)c2cc(C(=O)NCC(=O)OC)ccc2Cl)cc1. The van der Waals surface area contributed by atoms with E-state index in [4.69, 9.17) is 16.3 Å². The molecule has 150 valence electrons. The van der Waals surface area contributed by atoms with Crippen molar-refractivity contribution in [1.29, 1.82) is 0 Å². The summed E-state index contributed by atoms with van der Waals surface area (Å²) in [5, 5.41) is 2.28. The van der Waals surface area contributed by atoms with E-state index in [1.807, 2.05) is 6.92 Å². The van der Waals surface area contributed by atoms with Gasteiger partial charge in [-0.1, -0.05) is 11.6 Å². The number of sulfonamides is 1. The number of methoxy groups -OCH3 is 1. The normalized spacial score (nSPS) is 10.8. The lowest BCUT2D eigenvalue weighted by Crippen LogP contribution is -2.30. The number of anilines is 1. The molecule has 2 aromatic carbocycles. The molecule has 10 heteroatoms. The fourth-order valence-electron chi connectivity index (χ4n) is 2.17. The molecule has 0 saturated carbocycles. The summed E-state index contributed by atoms with van der Waals surface area (Å²) in [4.78, 5) is 23.0. The summed E-state index contributed by atoms with van der Waals surface area (Å²) in [6.07, 6.45) is 0. The first kappa shape index (κ1) is 21.5. The van der Waals surface area contributed by atoms with Gasteiger partial charge in [0.2, 0.25) is 0 Å². The molecule has 0 bridgehead atoms. The largest absolute Gasteiger partial charge is 0.494 e. The van der Waals surface area contributed by atoms with E-state index < -0.39 is 21.9 Å². The Kier molecular flexibility index (Phi) is 7.24. The standard InChI is InChI=1S/C18H19ClN2O6S/c1-3-27-14-7-5-13(6-8-14)21-28(24,25)16-10-12(4-9-15(16)19)18(23)20-11-17(22)26-2/h4-10,21H,3,11H2,1-2H3,(H,20,23). The minimum absolute atomic E-state index is 0.0281. The van der Waals surface area contributed by atoms with Gasteiger partial charge in [0.15, 0.2) is 0 Å². The van der Waals surface area contributed by atoms with Gasteiger partial charge < -0.3 is 14.8 Å². The molecule has 0 heterocycles. The average Bonchev–Trinajstić information content (AvgIpc) is 2.67. The van der Waals surface area contributed by atoms with Gasteiger partial charge >= 0.3 is 5.97 Å². The number of hydrogen-bond donors (Lipinski definition) is 2. The smallest absolute Gasteiger partial charge is 0.325 e. The molecule has 2 N–H and O–H groups in total. The van der Waals surface area contributed by atoms with Crippen LogP contribution in [-0.2, 0) is 19.6 Å². The number of benzene rings is 2. The Labute approximate surface area is 167 Å². The predicted octanol–water partition coefficient (Wildman–Crippen LogP) is 2.44. The van der Waals surface area contributed by atoms with Crippen LogP contribution >= 0.6 is 11.6 Å². The number of amides is 1. The Morgan fingerprint density at radius 3 is 2.39 bits per heavy atom.